The molecule has 0 aliphatic carbocycles. The van der Waals surface area contributed by atoms with Crippen LogP contribution in [0, 0.1) is 0 Å². The first kappa shape index (κ1) is 18.3. The zero-order valence-electron chi connectivity index (χ0n) is 13.8. The van der Waals surface area contributed by atoms with Crippen molar-refractivity contribution in [1.29, 1.82) is 0 Å². The number of furan rings is 1. The molecule has 7 nitrogen and oxygen atoms in total. The number of imide groups is 1. The summed E-state index contributed by atoms with van der Waals surface area (Å²) < 4.78 is 9.87. The SMILES string of the molecule is COC(=O)c1ccc(CN2C(=O)NC(C)(c3ccc(Cl)cc3Cl)C2=O)o1. The Hall–Kier alpha value is -2.51. The van der Waals surface area contributed by atoms with Gasteiger partial charge in [0.05, 0.1) is 13.7 Å². The number of hydrogen-bond acceptors (Lipinski definition) is 5. The number of amides is 3. The first-order chi connectivity index (χ1) is 12.3. The average Bonchev–Trinajstić information content (AvgIpc) is 3.13. The van der Waals surface area contributed by atoms with Gasteiger partial charge < -0.3 is 14.5 Å². The molecular formula is C17H14Cl2N2O5. The molecule has 0 bridgehead atoms. The van der Waals surface area contributed by atoms with Crippen molar-refractivity contribution in [3.63, 3.8) is 0 Å². The molecule has 1 unspecified atom stereocenters. The van der Waals surface area contributed by atoms with Gasteiger partial charge in [0, 0.05) is 15.6 Å². The highest BCUT2D eigenvalue weighted by Crippen LogP contribution is 2.35. The molecule has 2 aromatic rings. The Morgan fingerprint density at radius 2 is 2.00 bits per heavy atom. The number of rotatable bonds is 4. The Balaban J connectivity index is 1.87. The zero-order valence-corrected chi connectivity index (χ0v) is 15.4. The summed E-state index contributed by atoms with van der Waals surface area (Å²) >= 11 is 12.1. The Morgan fingerprint density at radius 1 is 1.27 bits per heavy atom. The number of urea groups is 1. The van der Waals surface area contributed by atoms with Crippen LogP contribution in [0.4, 0.5) is 4.79 Å². The molecule has 1 saturated heterocycles. The molecule has 3 rings (SSSR count). The molecule has 1 N–H and O–H groups in total. The van der Waals surface area contributed by atoms with E-state index in [2.05, 4.69) is 10.1 Å². The second-order valence-electron chi connectivity index (χ2n) is 5.83. The van der Waals surface area contributed by atoms with Gasteiger partial charge in [-0.3, -0.25) is 9.69 Å². The lowest BCUT2D eigenvalue weighted by atomic mass is 9.92. The molecule has 0 saturated carbocycles. The van der Waals surface area contributed by atoms with Gasteiger partial charge in [0.25, 0.3) is 5.91 Å². The number of ether oxygens (including phenoxy) is 1. The third-order valence-corrected chi connectivity index (χ3v) is 4.65. The van der Waals surface area contributed by atoms with Crippen LogP contribution in [0.5, 0.6) is 0 Å². The van der Waals surface area contributed by atoms with Crippen LogP contribution >= 0.6 is 23.2 Å². The van der Waals surface area contributed by atoms with E-state index in [1.54, 1.807) is 19.1 Å². The fraction of sp³-hybridized carbons (Fsp3) is 0.235. The van der Waals surface area contributed by atoms with E-state index in [0.717, 1.165) is 4.90 Å². The highest BCUT2D eigenvalue weighted by Gasteiger charge is 2.50. The predicted molar refractivity (Wildman–Crippen MR) is 92.9 cm³/mol. The van der Waals surface area contributed by atoms with E-state index >= 15 is 0 Å². The summed E-state index contributed by atoms with van der Waals surface area (Å²) in [7, 11) is 1.23. The van der Waals surface area contributed by atoms with Crippen LogP contribution in [0.2, 0.25) is 10.0 Å². The molecule has 1 aromatic carbocycles. The Bertz CT molecular complexity index is 910. The maximum Gasteiger partial charge on any atom is 0.373 e. The van der Waals surface area contributed by atoms with Gasteiger partial charge >= 0.3 is 12.0 Å². The molecule has 3 amide bonds. The highest BCUT2D eigenvalue weighted by atomic mass is 35.5. The lowest BCUT2D eigenvalue weighted by Gasteiger charge is -2.23. The van der Waals surface area contributed by atoms with Crippen LogP contribution in [0.15, 0.2) is 34.7 Å². The van der Waals surface area contributed by atoms with E-state index < -0.39 is 23.4 Å². The molecule has 1 fully saturated rings. The van der Waals surface area contributed by atoms with E-state index in [0.29, 0.717) is 10.6 Å². The van der Waals surface area contributed by atoms with Crippen LogP contribution in [-0.2, 0) is 21.6 Å². The lowest BCUT2D eigenvalue weighted by Crippen LogP contribution is -2.41. The molecule has 1 aliphatic heterocycles. The number of methoxy groups -OCH3 is 1. The van der Waals surface area contributed by atoms with Crippen LogP contribution < -0.4 is 5.32 Å². The second-order valence-corrected chi connectivity index (χ2v) is 6.67. The van der Waals surface area contributed by atoms with E-state index in [9.17, 15) is 14.4 Å². The maximum absolute atomic E-state index is 12.9. The molecule has 2 heterocycles. The first-order valence-electron chi connectivity index (χ1n) is 7.53. The maximum atomic E-state index is 12.9. The third kappa shape index (κ3) is 3.04. The minimum Gasteiger partial charge on any atom is -0.463 e. The van der Waals surface area contributed by atoms with Gasteiger partial charge in [-0.2, -0.15) is 0 Å². The number of halogens is 2. The minimum absolute atomic E-state index is 0.0157. The monoisotopic (exact) mass is 396 g/mol. The smallest absolute Gasteiger partial charge is 0.373 e. The normalized spacial score (nSPS) is 19.6. The van der Waals surface area contributed by atoms with Crippen LogP contribution in [0.3, 0.4) is 0 Å². The predicted octanol–water partition coefficient (Wildman–Crippen LogP) is 3.34. The van der Waals surface area contributed by atoms with Crippen LogP contribution in [-0.4, -0.2) is 29.9 Å². The summed E-state index contributed by atoms with van der Waals surface area (Å²) in [5.41, 5.74) is -0.907. The van der Waals surface area contributed by atoms with Crippen LogP contribution in [0.25, 0.3) is 0 Å². The second kappa shape index (κ2) is 6.66. The first-order valence-corrected chi connectivity index (χ1v) is 8.28. The average molecular weight is 397 g/mol. The Labute approximate surface area is 158 Å². The van der Waals surface area contributed by atoms with Crippen molar-refractivity contribution in [3.8, 4) is 0 Å². The molecular weight excluding hydrogens is 383 g/mol. The number of nitrogens with zero attached hydrogens (tertiary/aromatic N) is 1. The number of hydrogen-bond donors (Lipinski definition) is 1. The number of carbonyl (C=O) groups excluding carboxylic acids is 3. The highest BCUT2D eigenvalue weighted by molar-refractivity contribution is 6.35. The van der Waals surface area contributed by atoms with Gasteiger partial charge in [-0.05, 0) is 31.2 Å². The number of nitrogens with one attached hydrogen (secondary N) is 1. The summed E-state index contributed by atoms with van der Waals surface area (Å²) in [5.74, 6) is -0.896. The Morgan fingerprint density at radius 3 is 2.65 bits per heavy atom. The van der Waals surface area contributed by atoms with Gasteiger partial charge in [0.15, 0.2) is 0 Å². The standard InChI is InChI=1S/C17H14Cl2N2O5/c1-17(11-5-3-9(18)7-12(11)19)15(23)21(16(24)20-17)8-10-4-6-13(26-10)14(22)25-2/h3-7H,8H2,1-2H3,(H,20,24). The fourth-order valence-electron chi connectivity index (χ4n) is 2.75. The van der Waals surface area contributed by atoms with E-state index in [1.165, 1.54) is 25.3 Å². The Kier molecular flexibility index (Phi) is 4.68. The molecule has 0 radical (unpaired) electrons. The van der Waals surface area contributed by atoms with Gasteiger partial charge in [-0.1, -0.05) is 29.3 Å². The molecule has 9 heteroatoms. The number of carbonyl (C=O) groups is 3. The summed E-state index contributed by atoms with van der Waals surface area (Å²) in [6.45, 7) is 1.42. The van der Waals surface area contributed by atoms with Crippen molar-refractivity contribution in [2.45, 2.75) is 19.0 Å². The molecule has 1 atom stereocenters. The van der Waals surface area contributed by atoms with E-state index in [-0.39, 0.29) is 23.1 Å². The van der Waals surface area contributed by atoms with Crippen molar-refractivity contribution in [2.75, 3.05) is 7.11 Å². The minimum atomic E-state index is -1.34. The van der Waals surface area contributed by atoms with E-state index in [4.69, 9.17) is 27.6 Å². The largest absolute Gasteiger partial charge is 0.463 e. The van der Waals surface area contributed by atoms with E-state index in [1.807, 2.05) is 0 Å². The van der Waals surface area contributed by atoms with Gasteiger partial charge in [0.2, 0.25) is 5.76 Å². The van der Waals surface area contributed by atoms with Gasteiger partial charge in [-0.15, -0.1) is 0 Å². The van der Waals surface area contributed by atoms with Crippen LogP contribution in [0.1, 0.15) is 28.8 Å². The molecule has 136 valence electrons. The van der Waals surface area contributed by atoms with Gasteiger partial charge in [0.1, 0.15) is 11.3 Å². The number of benzene rings is 1. The molecule has 1 aromatic heterocycles. The molecule has 26 heavy (non-hydrogen) atoms. The fourth-order valence-corrected chi connectivity index (χ4v) is 3.34. The third-order valence-electron chi connectivity index (χ3n) is 4.11. The molecule has 0 spiro atoms. The lowest BCUT2D eigenvalue weighted by molar-refractivity contribution is -0.131. The summed E-state index contributed by atoms with van der Waals surface area (Å²) in [4.78, 5) is 37.7. The van der Waals surface area contributed by atoms with Crippen molar-refractivity contribution in [1.82, 2.24) is 10.2 Å². The van der Waals surface area contributed by atoms with Crippen molar-refractivity contribution in [2.24, 2.45) is 0 Å². The van der Waals surface area contributed by atoms with Crippen molar-refractivity contribution < 1.29 is 23.5 Å². The summed E-state index contributed by atoms with van der Waals surface area (Å²) in [5, 5.41) is 3.33. The summed E-state index contributed by atoms with van der Waals surface area (Å²) in [6.07, 6.45) is 0. The topological polar surface area (TPSA) is 88.9 Å². The quantitative estimate of drug-likeness (QED) is 0.632. The molecule has 1 aliphatic rings. The van der Waals surface area contributed by atoms with Crippen molar-refractivity contribution >= 4 is 41.1 Å². The summed E-state index contributed by atoms with van der Waals surface area (Å²) in [6, 6.07) is 6.99. The zero-order chi connectivity index (χ0) is 19.1. The van der Waals surface area contributed by atoms with Gasteiger partial charge in [-0.25, -0.2) is 9.59 Å². The van der Waals surface area contributed by atoms with Crippen molar-refractivity contribution in [3.05, 3.63) is 57.5 Å². The number of esters is 1.